The SMILES string of the molecule is C=C(CC)C(=O)c1ccc(OCC(C)(SC(C)=O)C(=O)N(CC(=O)O)C2CCCC2)c(Cl)c1Cl. The average molecular weight is 530 g/mol. The van der Waals surface area contributed by atoms with Crippen molar-refractivity contribution >= 4 is 57.7 Å². The second-order valence-electron chi connectivity index (χ2n) is 8.40. The number of amides is 1. The predicted octanol–water partition coefficient (Wildman–Crippen LogP) is 5.42. The number of carbonyl (C=O) groups is 4. The summed E-state index contributed by atoms with van der Waals surface area (Å²) in [5.41, 5.74) is 0.574. The van der Waals surface area contributed by atoms with E-state index in [1.54, 1.807) is 13.8 Å². The number of ketones is 1. The van der Waals surface area contributed by atoms with Crippen LogP contribution >= 0.6 is 35.0 Å². The van der Waals surface area contributed by atoms with Crippen LogP contribution in [0.2, 0.25) is 10.0 Å². The summed E-state index contributed by atoms with van der Waals surface area (Å²) < 4.78 is 4.43. The molecule has 0 spiro atoms. The first-order chi connectivity index (χ1) is 15.9. The first kappa shape index (κ1) is 28.2. The van der Waals surface area contributed by atoms with E-state index < -0.39 is 23.2 Å². The first-order valence-corrected chi connectivity index (χ1v) is 12.5. The van der Waals surface area contributed by atoms with E-state index >= 15 is 0 Å². The van der Waals surface area contributed by atoms with Gasteiger partial charge < -0.3 is 14.7 Å². The molecule has 7 nitrogen and oxygen atoms in total. The smallest absolute Gasteiger partial charge is 0.323 e. The number of nitrogens with zero attached hydrogens (tertiary/aromatic N) is 1. The van der Waals surface area contributed by atoms with E-state index in [4.69, 9.17) is 27.9 Å². The van der Waals surface area contributed by atoms with Crippen LogP contribution in [0.25, 0.3) is 0 Å². The summed E-state index contributed by atoms with van der Waals surface area (Å²) >= 11 is 13.4. The van der Waals surface area contributed by atoms with Crippen LogP contribution in [0, 0.1) is 0 Å². The Labute approximate surface area is 213 Å². The van der Waals surface area contributed by atoms with Crippen LogP contribution in [-0.4, -0.2) is 56.7 Å². The monoisotopic (exact) mass is 529 g/mol. The largest absolute Gasteiger partial charge is 0.490 e. The van der Waals surface area contributed by atoms with Crippen molar-refractivity contribution in [1.82, 2.24) is 4.90 Å². The Balaban J connectivity index is 2.32. The number of halogens is 2. The van der Waals surface area contributed by atoms with Crippen LogP contribution < -0.4 is 4.74 Å². The molecular formula is C24H29Cl2NO6S. The molecule has 2 rings (SSSR count). The molecule has 1 amide bonds. The van der Waals surface area contributed by atoms with Crippen LogP contribution in [0.15, 0.2) is 24.3 Å². The molecule has 0 saturated heterocycles. The van der Waals surface area contributed by atoms with Crippen LogP contribution in [0.5, 0.6) is 5.75 Å². The number of carboxylic acids is 1. The Morgan fingerprint density at radius 3 is 2.35 bits per heavy atom. The van der Waals surface area contributed by atoms with E-state index in [0.717, 1.165) is 24.6 Å². The van der Waals surface area contributed by atoms with E-state index in [9.17, 15) is 24.3 Å². The molecule has 1 aliphatic rings. The van der Waals surface area contributed by atoms with Crippen molar-refractivity contribution in [3.63, 3.8) is 0 Å². The number of carboxylic acid groups (broad SMARTS) is 1. The summed E-state index contributed by atoms with van der Waals surface area (Å²) in [5.74, 6) is -1.80. The maximum atomic E-state index is 13.5. The lowest BCUT2D eigenvalue weighted by Crippen LogP contribution is -2.53. The quantitative estimate of drug-likeness (QED) is 0.301. The van der Waals surface area contributed by atoms with Gasteiger partial charge in [0.1, 0.15) is 28.7 Å². The molecule has 1 saturated carbocycles. The number of carbonyl (C=O) groups excluding carboxylic acids is 3. The minimum absolute atomic E-state index is 0.00257. The van der Waals surface area contributed by atoms with Crippen molar-refractivity contribution in [3.8, 4) is 5.75 Å². The lowest BCUT2D eigenvalue weighted by Gasteiger charge is -2.36. The molecule has 0 bridgehead atoms. The molecule has 10 heteroatoms. The molecule has 0 radical (unpaired) electrons. The van der Waals surface area contributed by atoms with Gasteiger partial charge in [-0.15, -0.1) is 0 Å². The van der Waals surface area contributed by atoms with Gasteiger partial charge in [-0.1, -0.05) is 61.3 Å². The van der Waals surface area contributed by atoms with Crippen molar-refractivity contribution < 1.29 is 29.0 Å². The summed E-state index contributed by atoms with van der Waals surface area (Å²) in [6.45, 7) is 7.69. The van der Waals surface area contributed by atoms with E-state index in [0.29, 0.717) is 24.8 Å². The number of ether oxygens (including phenoxy) is 1. The second-order valence-corrected chi connectivity index (χ2v) is 10.8. The molecule has 0 aliphatic heterocycles. The van der Waals surface area contributed by atoms with Crippen molar-refractivity contribution in [2.24, 2.45) is 0 Å². The van der Waals surface area contributed by atoms with Gasteiger partial charge in [-0.2, -0.15) is 0 Å². The third-order valence-corrected chi connectivity index (χ3v) is 7.59. The minimum atomic E-state index is -1.40. The summed E-state index contributed by atoms with van der Waals surface area (Å²) in [7, 11) is 0. The first-order valence-electron chi connectivity index (χ1n) is 11.0. The molecule has 1 atom stereocenters. The number of allylic oxidation sites excluding steroid dienone is 1. The van der Waals surface area contributed by atoms with Gasteiger partial charge in [0.15, 0.2) is 10.9 Å². The summed E-state index contributed by atoms with van der Waals surface area (Å²) in [6.07, 6.45) is 3.69. The van der Waals surface area contributed by atoms with Gasteiger partial charge in [-0.25, -0.2) is 0 Å². The summed E-state index contributed by atoms with van der Waals surface area (Å²) in [4.78, 5) is 50.8. The average Bonchev–Trinajstić information content (AvgIpc) is 3.31. The molecule has 1 aliphatic carbocycles. The summed E-state index contributed by atoms with van der Waals surface area (Å²) in [6, 6.07) is 2.74. The van der Waals surface area contributed by atoms with Crippen LogP contribution in [0.4, 0.5) is 0 Å². The maximum Gasteiger partial charge on any atom is 0.323 e. The van der Waals surface area contributed by atoms with Crippen molar-refractivity contribution in [1.29, 1.82) is 0 Å². The molecule has 186 valence electrons. The Morgan fingerprint density at radius 2 is 1.82 bits per heavy atom. The third-order valence-electron chi connectivity index (χ3n) is 5.70. The fraction of sp³-hybridized carbons (Fsp3) is 0.500. The zero-order chi connectivity index (χ0) is 25.6. The molecule has 1 N–H and O–H groups in total. The normalized spacial score (nSPS) is 15.4. The number of hydrogen-bond acceptors (Lipinski definition) is 6. The Kier molecular flexibility index (Phi) is 10.0. The fourth-order valence-electron chi connectivity index (χ4n) is 3.87. The molecule has 1 unspecified atom stereocenters. The molecule has 34 heavy (non-hydrogen) atoms. The number of hydrogen-bond donors (Lipinski definition) is 1. The number of Topliss-reactive ketones (excluding diaryl/α,β-unsaturated/α-hetero) is 1. The van der Waals surface area contributed by atoms with Crippen LogP contribution in [0.3, 0.4) is 0 Å². The van der Waals surface area contributed by atoms with Gasteiger partial charge in [0.2, 0.25) is 5.91 Å². The van der Waals surface area contributed by atoms with Gasteiger partial charge in [0.05, 0.1) is 5.02 Å². The van der Waals surface area contributed by atoms with Crippen molar-refractivity contribution in [3.05, 3.63) is 39.9 Å². The van der Waals surface area contributed by atoms with Crippen molar-refractivity contribution in [2.45, 2.75) is 63.7 Å². The standard InChI is InChI=1S/C24H29Cl2NO6S/c1-5-14(2)22(31)17-10-11-18(21(26)20(17)25)33-13-24(4,34-15(3)28)23(32)27(12-19(29)30)16-8-6-7-9-16/h10-11,16H,2,5-9,12-13H2,1,3-4H3,(H,29,30). The lowest BCUT2D eigenvalue weighted by atomic mass is 10.0. The number of rotatable bonds is 11. The highest BCUT2D eigenvalue weighted by Crippen LogP contribution is 2.38. The Hall–Kier alpha value is -2.03. The maximum absolute atomic E-state index is 13.5. The zero-order valence-electron chi connectivity index (χ0n) is 19.5. The number of thioether (sulfide) groups is 1. The van der Waals surface area contributed by atoms with Gasteiger partial charge in [-0.3, -0.25) is 19.2 Å². The molecule has 0 aromatic heterocycles. The highest BCUT2D eigenvalue weighted by Gasteiger charge is 2.43. The van der Waals surface area contributed by atoms with Gasteiger partial charge >= 0.3 is 5.97 Å². The van der Waals surface area contributed by atoms with Crippen molar-refractivity contribution in [2.75, 3.05) is 13.2 Å². The van der Waals surface area contributed by atoms with Crippen LogP contribution in [0.1, 0.15) is 63.2 Å². The fourth-order valence-corrected chi connectivity index (χ4v) is 5.29. The second kappa shape index (κ2) is 12.1. The minimum Gasteiger partial charge on any atom is -0.490 e. The number of benzene rings is 1. The zero-order valence-corrected chi connectivity index (χ0v) is 21.8. The van der Waals surface area contributed by atoms with Gasteiger partial charge in [0, 0.05) is 18.5 Å². The Morgan fingerprint density at radius 1 is 1.21 bits per heavy atom. The molecule has 1 aromatic rings. The lowest BCUT2D eigenvalue weighted by molar-refractivity contribution is -0.147. The van der Waals surface area contributed by atoms with E-state index in [1.165, 1.54) is 24.0 Å². The molecule has 1 aromatic carbocycles. The summed E-state index contributed by atoms with van der Waals surface area (Å²) in [5, 5.41) is 9.06. The topological polar surface area (TPSA) is 101 Å². The van der Waals surface area contributed by atoms with E-state index in [2.05, 4.69) is 6.58 Å². The highest BCUT2D eigenvalue weighted by molar-refractivity contribution is 8.15. The third kappa shape index (κ3) is 6.77. The Bertz CT molecular complexity index is 992. The molecular weight excluding hydrogens is 501 g/mol. The van der Waals surface area contributed by atoms with Gasteiger partial charge in [-0.05, 0) is 43.9 Å². The van der Waals surface area contributed by atoms with E-state index in [-0.39, 0.29) is 44.9 Å². The van der Waals surface area contributed by atoms with Gasteiger partial charge in [0.25, 0.3) is 0 Å². The molecule has 0 heterocycles. The molecule has 1 fully saturated rings. The van der Waals surface area contributed by atoms with Crippen LogP contribution in [-0.2, 0) is 14.4 Å². The number of aliphatic carboxylic acids is 1. The van der Waals surface area contributed by atoms with E-state index in [1.807, 2.05) is 0 Å². The highest BCUT2D eigenvalue weighted by atomic mass is 35.5. The predicted molar refractivity (Wildman–Crippen MR) is 134 cm³/mol.